The first-order chi connectivity index (χ1) is 12.0. The largest absolute Gasteiger partial charge is 0.361 e. The molecule has 25 heavy (non-hydrogen) atoms. The normalized spacial score (nSPS) is 11.1. The molecule has 2 aromatic carbocycles. The molecule has 5 heteroatoms. The lowest BCUT2D eigenvalue weighted by atomic mass is 10.1. The molecule has 3 N–H and O–H groups in total. The van der Waals surface area contributed by atoms with E-state index in [0.717, 1.165) is 21.9 Å². The number of amides is 1. The van der Waals surface area contributed by atoms with Crippen LogP contribution < -0.4 is 10.9 Å². The molecule has 0 bridgehead atoms. The first kappa shape index (κ1) is 15.2. The molecule has 2 aromatic heterocycles. The van der Waals surface area contributed by atoms with Crippen molar-refractivity contribution in [3.63, 3.8) is 0 Å². The number of pyridine rings is 1. The quantitative estimate of drug-likeness (QED) is 0.521. The van der Waals surface area contributed by atoms with Crippen molar-refractivity contribution in [3.05, 3.63) is 75.7 Å². The molecule has 5 nitrogen and oxygen atoms in total. The molecule has 0 radical (unpaired) electrons. The van der Waals surface area contributed by atoms with Gasteiger partial charge in [-0.1, -0.05) is 12.1 Å². The van der Waals surface area contributed by atoms with Crippen molar-refractivity contribution in [1.82, 2.24) is 9.97 Å². The van der Waals surface area contributed by atoms with E-state index in [0.29, 0.717) is 22.3 Å². The van der Waals surface area contributed by atoms with Gasteiger partial charge < -0.3 is 15.3 Å². The average molecular weight is 331 g/mol. The summed E-state index contributed by atoms with van der Waals surface area (Å²) in [7, 11) is 0. The third-order valence-electron chi connectivity index (χ3n) is 4.65. The van der Waals surface area contributed by atoms with Gasteiger partial charge in [0.05, 0.1) is 5.52 Å². The lowest BCUT2D eigenvalue weighted by Crippen LogP contribution is -2.13. The van der Waals surface area contributed by atoms with Crippen LogP contribution in [0.15, 0.2) is 53.5 Å². The number of hydrogen-bond acceptors (Lipinski definition) is 2. The monoisotopic (exact) mass is 331 g/mol. The third-order valence-corrected chi connectivity index (χ3v) is 4.65. The molecule has 4 rings (SSSR count). The number of benzene rings is 2. The zero-order valence-electron chi connectivity index (χ0n) is 13.9. The number of aryl methyl sites for hydroxylation is 1. The minimum atomic E-state index is -0.193. The molecular formula is C20H17N3O2. The Hall–Kier alpha value is -3.34. The fourth-order valence-corrected chi connectivity index (χ4v) is 3.03. The zero-order chi connectivity index (χ0) is 17.6. The van der Waals surface area contributed by atoms with Gasteiger partial charge in [-0.05, 0) is 55.1 Å². The van der Waals surface area contributed by atoms with Crippen molar-refractivity contribution in [2.45, 2.75) is 13.8 Å². The Bertz CT molecular complexity index is 1180. The molecule has 4 aromatic rings. The molecule has 1 amide bonds. The van der Waals surface area contributed by atoms with Crippen LogP contribution in [0, 0.1) is 13.8 Å². The Morgan fingerprint density at radius 2 is 1.80 bits per heavy atom. The second-order valence-electron chi connectivity index (χ2n) is 6.20. The summed E-state index contributed by atoms with van der Waals surface area (Å²) in [5.41, 5.74) is 4.40. The highest BCUT2D eigenvalue weighted by Gasteiger charge is 2.10. The van der Waals surface area contributed by atoms with Crippen molar-refractivity contribution in [2.24, 2.45) is 0 Å². The van der Waals surface area contributed by atoms with E-state index >= 15 is 0 Å². The van der Waals surface area contributed by atoms with Crippen molar-refractivity contribution in [2.75, 3.05) is 5.32 Å². The number of aromatic nitrogens is 2. The molecule has 0 atom stereocenters. The minimum absolute atomic E-state index is 0.106. The maximum absolute atomic E-state index is 12.5. The Balaban J connectivity index is 1.68. The summed E-state index contributed by atoms with van der Waals surface area (Å²) in [6.45, 7) is 3.73. The second kappa shape index (κ2) is 5.63. The summed E-state index contributed by atoms with van der Waals surface area (Å²) >= 11 is 0. The van der Waals surface area contributed by atoms with E-state index in [1.54, 1.807) is 19.1 Å². The number of nitrogens with one attached hydrogen (secondary N) is 3. The summed E-state index contributed by atoms with van der Waals surface area (Å²) in [5, 5.41) is 4.92. The summed E-state index contributed by atoms with van der Waals surface area (Å²) < 4.78 is 0. The van der Waals surface area contributed by atoms with Crippen LogP contribution in [-0.4, -0.2) is 15.9 Å². The lowest BCUT2D eigenvalue weighted by molar-refractivity contribution is 0.102. The van der Waals surface area contributed by atoms with E-state index in [1.807, 2.05) is 43.5 Å². The van der Waals surface area contributed by atoms with E-state index in [9.17, 15) is 9.59 Å². The maximum Gasteiger partial charge on any atom is 0.255 e. The van der Waals surface area contributed by atoms with Gasteiger partial charge in [-0.25, -0.2) is 0 Å². The first-order valence-electron chi connectivity index (χ1n) is 8.04. The highest BCUT2D eigenvalue weighted by Crippen LogP contribution is 2.22. The molecule has 0 unspecified atom stereocenters. The van der Waals surface area contributed by atoms with Gasteiger partial charge in [0, 0.05) is 33.9 Å². The van der Waals surface area contributed by atoms with Crippen LogP contribution in [0.2, 0.25) is 0 Å². The van der Waals surface area contributed by atoms with E-state index in [4.69, 9.17) is 0 Å². The van der Waals surface area contributed by atoms with Gasteiger partial charge in [0.25, 0.3) is 11.5 Å². The number of hydrogen-bond donors (Lipinski definition) is 3. The Morgan fingerprint density at radius 3 is 2.64 bits per heavy atom. The molecule has 0 fully saturated rings. The Labute approximate surface area is 143 Å². The average Bonchev–Trinajstić information content (AvgIpc) is 3.07. The highest BCUT2D eigenvalue weighted by atomic mass is 16.1. The van der Waals surface area contributed by atoms with Gasteiger partial charge in [-0.2, -0.15) is 0 Å². The molecule has 0 saturated carbocycles. The van der Waals surface area contributed by atoms with Crippen molar-refractivity contribution < 1.29 is 4.79 Å². The molecular weight excluding hydrogens is 314 g/mol. The number of carbonyl (C=O) groups excluding carboxylic acids is 1. The van der Waals surface area contributed by atoms with E-state index in [1.165, 1.54) is 0 Å². The van der Waals surface area contributed by atoms with Gasteiger partial charge in [-0.15, -0.1) is 0 Å². The van der Waals surface area contributed by atoms with Gasteiger partial charge >= 0.3 is 0 Å². The van der Waals surface area contributed by atoms with Crippen LogP contribution >= 0.6 is 0 Å². The number of anilines is 1. The van der Waals surface area contributed by atoms with Crippen LogP contribution in [0.1, 0.15) is 21.5 Å². The van der Waals surface area contributed by atoms with Gasteiger partial charge in [-0.3, -0.25) is 9.59 Å². The molecule has 0 spiro atoms. The highest BCUT2D eigenvalue weighted by molar-refractivity contribution is 6.06. The number of aromatic amines is 2. The fraction of sp³-hybridized carbons (Fsp3) is 0.100. The minimum Gasteiger partial charge on any atom is -0.361 e. The number of rotatable bonds is 2. The van der Waals surface area contributed by atoms with Crippen LogP contribution in [-0.2, 0) is 0 Å². The molecule has 0 saturated heterocycles. The lowest BCUT2D eigenvalue weighted by Gasteiger charge is -2.09. The van der Waals surface area contributed by atoms with Crippen LogP contribution in [0.4, 0.5) is 5.69 Å². The zero-order valence-corrected chi connectivity index (χ0v) is 13.9. The van der Waals surface area contributed by atoms with Crippen molar-refractivity contribution >= 4 is 33.4 Å². The van der Waals surface area contributed by atoms with Gasteiger partial charge in [0.2, 0.25) is 0 Å². The Kier molecular flexibility index (Phi) is 3.42. The Morgan fingerprint density at radius 1 is 0.960 bits per heavy atom. The third kappa shape index (κ3) is 2.59. The summed E-state index contributed by atoms with van der Waals surface area (Å²) in [6, 6.07) is 13.0. The second-order valence-corrected chi connectivity index (χ2v) is 6.20. The molecule has 0 aliphatic rings. The topological polar surface area (TPSA) is 77.8 Å². The molecule has 124 valence electrons. The fourth-order valence-electron chi connectivity index (χ4n) is 3.03. The van der Waals surface area contributed by atoms with Crippen molar-refractivity contribution in [3.8, 4) is 0 Å². The van der Waals surface area contributed by atoms with Crippen LogP contribution in [0.25, 0.3) is 21.8 Å². The molecule has 0 aliphatic heterocycles. The predicted octanol–water partition coefficient (Wildman–Crippen LogP) is 3.88. The smallest absolute Gasteiger partial charge is 0.255 e. The summed E-state index contributed by atoms with van der Waals surface area (Å²) in [4.78, 5) is 30.4. The summed E-state index contributed by atoms with van der Waals surface area (Å²) in [6.07, 6.45) is 1.84. The SMILES string of the molecule is Cc1c(C)c2ccc(NC(=O)c3ccc4cc[nH]c4c3)cc2[nH]c1=O. The van der Waals surface area contributed by atoms with Gasteiger partial charge in [0.15, 0.2) is 0 Å². The molecule has 0 aliphatic carbocycles. The van der Waals surface area contributed by atoms with Crippen LogP contribution in [0.5, 0.6) is 0 Å². The first-order valence-corrected chi connectivity index (χ1v) is 8.04. The number of carbonyl (C=O) groups is 1. The molecule has 2 heterocycles. The summed E-state index contributed by atoms with van der Waals surface area (Å²) in [5.74, 6) is -0.193. The standard InChI is InChI=1S/C20H17N3O2/c1-11-12(2)19(24)23-18-10-15(5-6-16(11)18)22-20(25)14-4-3-13-7-8-21-17(13)9-14/h3-10,21H,1-2H3,(H,22,25)(H,23,24). The van der Waals surface area contributed by atoms with Crippen LogP contribution in [0.3, 0.4) is 0 Å². The maximum atomic E-state index is 12.5. The van der Waals surface area contributed by atoms with E-state index in [-0.39, 0.29) is 11.5 Å². The van der Waals surface area contributed by atoms with E-state index in [2.05, 4.69) is 15.3 Å². The van der Waals surface area contributed by atoms with Crippen molar-refractivity contribution in [1.29, 1.82) is 0 Å². The number of fused-ring (bicyclic) bond motifs is 2. The van der Waals surface area contributed by atoms with Gasteiger partial charge in [0.1, 0.15) is 0 Å². The number of H-pyrrole nitrogens is 2. The van der Waals surface area contributed by atoms with E-state index < -0.39 is 0 Å². The predicted molar refractivity (Wildman–Crippen MR) is 100 cm³/mol.